The first-order valence-corrected chi connectivity index (χ1v) is 9.06. The van der Waals surface area contributed by atoms with Gasteiger partial charge >= 0.3 is 5.97 Å². The van der Waals surface area contributed by atoms with E-state index < -0.39 is 5.97 Å². The Bertz CT molecular complexity index is 635. The van der Waals surface area contributed by atoms with Crippen molar-refractivity contribution in [3.63, 3.8) is 0 Å². The zero-order chi connectivity index (χ0) is 17.6. The molecular weight excluding hydrogens is 320 g/mol. The molecular formula is C18H26N4O3. The zero-order valence-electron chi connectivity index (χ0n) is 14.5. The van der Waals surface area contributed by atoms with Crippen LogP contribution in [0.25, 0.3) is 0 Å². The zero-order valence-corrected chi connectivity index (χ0v) is 14.5. The molecule has 1 atom stereocenters. The van der Waals surface area contributed by atoms with Gasteiger partial charge in [-0.05, 0) is 50.3 Å². The van der Waals surface area contributed by atoms with Crippen molar-refractivity contribution in [1.82, 2.24) is 15.2 Å². The van der Waals surface area contributed by atoms with Crippen molar-refractivity contribution >= 4 is 17.7 Å². The highest BCUT2D eigenvalue weighted by Gasteiger charge is 2.28. The van der Waals surface area contributed by atoms with Gasteiger partial charge in [-0.3, -0.25) is 14.5 Å². The van der Waals surface area contributed by atoms with E-state index in [1.165, 1.54) is 5.56 Å². The molecule has 2 aliphatic heterocycles. The summed E-state index contributed by atoms with van der Waals surface area (Å²) in [4.78, 5) is 29.4. The maximum absolute atomic E-state index is 12.2. The smallest absolute Gasteiger partial charge is 0.317 e. The normalized spacial score (nSPS) is 19.9. The number of amides is 1. The molecule has 7 nitrogen and oxygen atoms in total. The third-order valence-electron chi connectivity index (χ3n) is 4.86. The van der Waals surface area contributed by atoms with Crippen LogP contribution in [0.3, 0.4) is 0 Å². The van der Waals surface area contributed by atoms with Crippen LogP contribution >= 0.6 is 0 Å². The van der Waals surface area contributed by atoms with Crippen LogP contribution in [-0.4, -0.2) is 59.6 Å². The summed E-state index contributed by atoms with van der Waals surface area (Å²) in [6.07, 6.45) is 4.67. The molecule has 1 aromatic heterocycles. The highest BCUT2D eigenvalue weighted by atomic mass is 16.4. The van der Waals surface area contributed by atoms with E-state index in [1.54, 1.807) is 0 Å². The number of aryl methyl sites for hydroxylation is 2. The minimum absolute atomic E-state index is 0.0157. The molecule has 7 heteroatoms. The van der Waals surface area contributed by atoms with E-state index in [0.29, 0.717) is 19.6 Å². The average Bonchev–Trinajstić information content (AvgIpc) is 3.06. The molecule has 25 heavy (non-hydrogen) atoms. The van der Waals surface area contributed by atoms with E-state index in [0.717, 1.165) is 50.2 Å². The van der Waals surface area contributed by atoms with Crippen LogP contribution in [-0.2, 0) is 22.4 Å². The third kappa shape index (κ3) is 4.92. The summed E-state index contributed by atoms with van der Waals surface area (Å²) in [6.45, 7) is 2.84. The number of hydrogen-bond acceptors (Lipinski definition) is 5. The molecule has 136 valence electrons. The first-order valence-electron chi connectivity index (χ1n) is 9.06. The van der Waals surface area contributed by atoms with Gasteiger partial charge in [0.05, 0.1) is 12.5 Å². The maximum Gasteiger partial charge on any atom is 0.317 e. The number of anilines is 1. The number of fused-ring (bicyclic) bond motifs is 1. The number of carboxylic acids is 1. The molecule has 1 fully saturated rings. The standard InChI is InChI=1S/C18H26N4O3/c23-16(24)12-22-10-7-14(11-22)18(25)20-9-2-4-15-6-5-13-3-1-8-19-17(13)21-15/h5-6,14H,1-4,7-12H2,(H,19,21)(H,20,25)(H,23,24). The fourth-order valence-corrected chi connectivity index (χ4v) is 3.52. The predicted molar refractivity (Wildman–Crippen MR) is 94.6 cm³/mol. The molecule has 1 aromatic rings. The lowest BCUT2D eigenvalue weighted by molar-refractivity contribution is -0.138. The van der Waals surface area contributed by atoms with Crippen LogP contribution in [0.2, 0.25) is 0 Å². The van der Waals surface area contributed by atoms with Crippen molar-refractivity contribution in [1.29, 1.82) is 0 Å². The Morgan fingerprint density at radius 2 is 2.28 bits per heavy atom. The van der Waals surface area contributed by atoms with Gasteiger partial charge in [-0.1, -0.05) is 6.07 Å². The average molecular weight is 346 g/mol. The summed E-state index contributed by atoms with van der Waals surface area (Å²) >= 11 is 0. The number of nitrogens with one attached hydrogen (secondary N) is 2. The Balaban J connectivity index is 1.37. The van der Waals surface area contributed by atoms with Gasteiger partial charge in [0.2, 0.25) is 5.91 Å². The van der Waals surface area contributed by atoms with Crippen LogP contribution in [0.5, 0.6) is 0 Å². The number of aromatic nitrogens is 1. The fraction of sp³-hybridized carbons (Fsp3) is 0.611. The lowest BCUT2D eigenvalue weighted by atomic mass is 10.1. The van der Waals surface area contributed by atoms with E-state index in [4.69, 9.17) is 5.11 Å². The van der Waals surface area contributed by atoms with Crippen molar-refractivity contribution in [3.05, 3.63) is 23.4 Å². The van der Waals surface area contributed by atoms with E-state index >= 15 is 0 Å². The number of likely N-dealkylation sites (tertiary alicyclic amines) is 1. The monoisotopic (exact) mass is 346 g/mol. The molecule has 0 spiro atoms. The molecule has 1 saturated heterocycles. The lowest BCUT2D eigenvalue weighted by Crippen LogP contribution is -2.34. The van der Waals surface area contributed by atoms with Gasteiger partial charge in [0.1, 0.15) is 5.82 Å². The molecule has 3 heterocycles. The highest BCUT2D eigenvalue weighted by Crippen LogP contribution is 2.20. The SMILES string of the molecule is O=C(O)CN1CCC(C(=O)NCCCc2ccc3c(n2)NCCC3)C1. The molecule has 2 aliphatic rings. The number of rotatable bonds is 7. The van der Waals surface area contributed by atoms with Crippen LogP contribution in [0.4, 0.5) is 5.82 Å². The van der Waals surface area contributed by atoms with Gasteiger partial charge in [-0.25, -0.2) is 4.98 Å². The number of carbonyl (C=O) groups is 2. The Labute approximate surface area is 147 Å². The number of carboxylic acid groups (broad SMARTS) is 1. The van der Waals surface area contributed by atoms with E-state index in [1.807, 2.05) is 4.90 Å². The quantitative estimate of drug-likeness (QED) is 0.635. The summed E-state index contributed by atoms with van der Waals surface area (Å²) in [7, 11) is 0. The first-order chi connectivity index (χ1) is 12.1. The molecule has 3 rings (SSSR count). The van der Waals surface area contributed by atoms with Crippen molar-refractivity contribution in [2.75, 3.05) is 38.0 Å². The van der Waals surface area contributed by atoms with Crippen LogP contribution in [0.15, 0.2) is 12.1 Å². The number of aliphatic carboxylic acids is 1. The first kappa shape index (κ1) is 17.7. The second-order valence-corrected chi connectivity index (χ2v) is 6.85. The van der Waals surface area contributed by atoms with Crippen LogP contribution in [0.1, 0.15) is 30.5 Å². The van der Waals surface area contributed by atoms with Gasteiger partial charge in [-0.2, -0.15) is 0 Å². The van der Waals surface area contributed by atoms with Crippen molar-refractivity contribution in [3.8, 4) is 0 Å². The molecule has 1 unspecified atom stereocenters. The van der Waals surface area contributed by atoms with E-state index in [-0.39, 0.29) is 18.4 Å². The number of carbonyl (C=O) groups excluding carboxylic acids is 1. The highest BCUT2D eigenvalue weighted by molar-refractivity contribution is 5.79. The summed E-state index contributed by atoms with van der Waals surface area (Å²) in [5.41, 5.74) is 2.34. The van der Waals surface area contributed by atoms with Crippen LogP contribution in [0, 0.1) is 5.92 Å². The predicted octanol–water partition coefficient (Wildman–Crippen LogP) is 0.895. The minimum atomic E-state index is -0.840. The van der Waals surface area contributed by atoms with Gasteiger partial charge in [0, 0.05) is 25.3 Å². The Kier molecular flexibility index (Phi) is 5.86. The van der Waals surface area contributed by atoms with Crippen molar-refractivity contribution in [2.24, 2.45) is 5.92 Å². The van der Waals surface area contributed by atoms with Gasteiger partial charge in [-0.15, -0.1) is 0 Å². The number of pyridine rings is 1. The molecule has 0 bridgehead atoms. The van der Waals surface area contributed by atoms with Crippen LogP contribution < -0.4 is 10.6 Å². The molecule has 0 aliphatic carbocycles. The van der Waals surface area contributed by atoms with Gasteiger partial charge < -0.3 is 15.7 Å². The molecule has 0 saturated carbocycles. The molecule has 0 aromatic carbocycles. The molecule has 0 radical (unpaired) electrons. The minimum Gasteiger partial charge on any atom is -0.480 e. The van der Waals surface area contributed by atoms with Crippen molar-refractivity contribution < 1.29 is 14.7 Å². The second kappa shape index (κ2) is 8.29. The Morgan fingerprint density at radius 3 is 3.12 bits per heavy atom. The molecule has 3 N–H and O–H groups in total. The summed E-state index contributed by atoms with van der Waals surface area (Å²) in [5, 5.41) is 15.1. The number of nitrogens with zero attached hydrogens (tertiary/aromatic N) is 2. The Morgan fingerprint density at radius 1 is 1.40 bits per heavy atom. The number of hydrogen-bond donors (Lipinski definition) is 3. The van der Waals surface area contributed by atoms with Gasteiger partial charge in [0.25, 0.3) is 0 Å². The fourth-order valence-electron chi connectivity index (χ4n) is 3.52. The molecule has 1 amide bonds. The summed E-state index contributed by atoms with van der Waals surface area (Å²) in [5.74, 6) is 0.115. The summed E-state index contributed by atoms with van der Waals surface area (Å²) < 4.78 is 0. The lowest BCUT2D eigenvalue weighted by Gasteiger charge is -2.17. The van der Waals surface area contributed by atoms with Crippen molar-refractivity contribution in [2.45, 2.75) is 32.1 Å². The van der Waals surface area contributed by atoms with E-state index in [9.17, 15) is 9.59 Å². The third-order valence-corrected chi connectivity index (χ3v) is 4.86. The van der Waals surface area contributed by atoms with Gasteiger partial charge in [0.15, 0.2) is 0 Å². The van der Waals surface area contributed by atoms with E-state index in [2.05, 4.69) is 27.8 Å². The summed E-state index contributed by atoms with van der Waals surface area (Å²) in [6, 6.07) is 4.23. The topological polar surface area (TPSA) is 94.6 Å². The second-order valence-electron chi connectivity index (χ2n) is 6.85. The largest absolute Gasteiger partial charge is 0.480 e. The Hall–Kier alpha value is -2.15. The maximum atomic E-state index is 12.2.